The summed E-state index contributed by atoms with van der Waals surface area (Å²) in [5.41, 5.74) is 1.75. The van der Waals surface area contributed by atoms with Crippen LogP contribution < -0.4 is 9.62 Å². The Morgan fingerprint density at radius 3 is 2.18 bits per heavy atom. The molecule has 0 aliphatic carbocycles. The van der Waals surface area contributed by atoms with Crippen molar-refractivity contribution in [1.82, 2.24) is 10.2 Å². The topological polar surface area (TPSA) is 86.8 Å². The fourth-order valence-corrected chi connectivity index (χ4v) is 5.97. The molecule has 1 N–H and O–H groups in total. The van der Waals surface area contributed by atoms with E-state index in [1.807, 2.05) is 58.0 Å². The van der Waals surface area contributed by atoms with E-state index in [1.165, 1.54) is 35.2 Å². The average Bonchev–Trinajstić information content (AvgIpc) is 2.89. The van der Waals surface area contributed by atoms with Crippen LogP contribution in [-0.4, -0.2) is 43.8 Å². The molecule has 1 unspecified atom stereocenters. The van der Waals surface area contributed by atoms with Crippen LogP contribution in [0.15, 0.2) is 77.7 Å². The molecule has 0 radical (unpaired) electrons. The summed E-state index contributed by atoms with van der Waals surface area (Å²) in [5.74, 6) is -0.873. The van der Waals surface area contributed by atoms with Gasteiger partial charge in [0.2, 0.25) is 11.8 Å². The highest BCUT2D eigenvalue weighted by Gasteiger charge is 2.34. The van der Waals surface area contributed by atoms with Crippen molar-refractivity contribution in [3.05, 3.63) is 94.0 Å². The Kier molecular flexibility index (Phi) is 10.4. The van der Waals surface area contributed by atoms with Crippen LogP contribution in [0.25, 0.3) is 0 Å². The lowest BCUT2D eigenvalue weighted by molar-refractivity contribution is -0.140. The van der Waals surface area contributed by atoms with Gasteiger partial charge in [0, 0.05) is 17.6 Å². The van der Waals surface area contributed by atoms with E-state index >= 15 is 0 Å². The lowest BCUT2D eigenvalue weighted by atomic mass is 10.1. The van der Waals surface area contributed by atoms with Gasteiger partial charge in [-0.05, 0) is 63.1 Å². The number of nitrogens with zero attached hydrogens (tertiary/aromatic N) is 2. The minimum atomic E-state index is -4.24. The van der Waals surface area contributed by atoms with Gasteiger partial charge in [-0.15, -0.1) is 0 Å². The normalized spacial score (nSPS) is 12.2. The summed E-state index contributed by atoms with van der Waals surface area (Å²) < 4.78 is 28.8. The summed E-state index contributed by atoms with van der Waals surface area (Å²) in [7, 11) is -4.24. The Hall–Kier alpha value is -3.07. The Morgan fingerprint density at radius 2 is 1.59 bits per heavy atom. The summed E-state index contributed by atoms with van der Waals surface area (Å²) in [6.45, 7) is 6.86. The molecule has 0 bridgehead atoms. The maximum atomic E-state index is 14.0. The Morgan fingerprint density at radius 1 is 0.949 bits per heavy atom. The van der Waals surface area contributed by atoms with Crippen molar-refractivity contribution in [3.63, 3.8) is 0 Å². The molecule has 3 aromatic rings. The molecule has 0 saturated carbocycles. The van der Waals surface area contributed by atoms with Gasteiger partial charge in [-0.1, -0.05) is 78.2 Å². The molecule has 0 spiro atoms. The molecule has 2 amide bonds. The summed E-state index contributed by atoms with van der Waals surface area (Å²) >= 11 is 12.7. The summed E-state index contributed by atoms with van der Waals surface area (Å²) in [4.78, 5) is 28.6. The van der Waals surface area contributed by atoms with Crippen molar-refractivity contribution in [2.45, 2.75) is 57.6 Å². The quantitative estimate of drug-likeness (QED) is 0.305. The highest BCUT2D eigenvalue weighted by atomic mass is 35.5. The molecule has 39 heavy (non-hydrogen) atoms. The minimum Gasteiger partial charge on any atom is -0.352 e. The number of halogens is 2. The first-order valence-corrected chi connectivity index (χ1v) is 14.8. The molecule has 0 aliphatic heterocycles. The van der Waals surface area contributed by atoms with Gasteiger partial charge < -0.3 is 10.2 Å². The molecule has 3 aromatic carbocycles. The van der Waals surface area contributed by atoms with Crippen LogP contribution in [0.2, 0.25) is 10.0 Å². The largest absolute Gasteiger partial charge is 0.352 e. The van der Waals surface area contributed by atoms with Crippen LogP contribution in [0, 0.1) is 6.92 Å². The van der Waals surface area contributed by atoms with Crippen LogP contribution in [0.3, 0.4) is 0 Å². The standard InChI is InChI=1S/C29H33Cl2N3O4S/c1-5-26(29(36)32-20(2)3)33(18-22-9-7-6-8-10-22)28(35)19-34(27-17-23(30)13-16-25(27)31)39(37,38)24-14-11-21(4)12-15-24/h6-17,20,26H,5,18-19H2,1-4H3,(H,32,36). The number of nitrogens with one attached hydrogen (secondary N) is 1. The predicted octanol–water partition coefficient (Wildman–Crippen LogP) is 5.83. The lowest BCUT2D eigenvalue weighted by Gasteiger charge is -2.33. The van der Waals surface area contributed by atoms with Gasteiger partial charge in [0.25, 0.3) is 10.0 Å². The smallest absolute Gasteiger partial charge is 0.264 e. The molecule has 0 heterocycles. The van der Waals surface area contributed by atoms with E-state index in [4.69, 9.17) is 23.2 Å². The van der Waals surface area contributed by atoms with Gasteiger partial charge in [-0.2, -0.15) is 0 Å². The third-order valence-corrected chi connectivity index (χ3v) is 8.41. The fourth-order valence-electron chi connectivity index (χ4n) is 4.11. The lowest BCUT2D eigenvalue weighted by Crippen LogP contribution is -2.53. The van der Waals surface area contributed by atoms with E-state index in [0.717, 1.165) is 15.4 Å². The second kappa shape index (κ2) is 13.3. The maximum absolute atomic E-state index is 14.0. The van der Waals surface area contributed by atoms with Gasteiger partial charge in [-0.25, -0.2) is 8.42 Å². The first-order chi connectivity index (χ1) is 18.4. The maximum Gasteiger partial charge on any atom is 0.264 e. The Balaban J connectivity index is 2.09. The zero-order chi connectivity index (χ0) is 28.7. The van der Waals surface area contributed by atoms with Crippen molar-refractivity contribution < 1.29 is 18.0 Å². The SMILES string of the molecule is CCC(C(=O)NC(C)C)N(Cc1ccccc1)C(=O)CN(c1cc(Cl)ccc1Cl)S(=O)(=O)c1ccc(C)cc1. The number of hydrogen-bond donors (Lipinski definition) is 1. The molecule has 1 atom stereocenters. The van der Waals surface area contributed by atoms with Crippen molar-refractivity contribution in [3.8, 4) is 0 Å². The number of hydrogen-bond acceptors (Lipinski definition) is 4. The van der Waals surface area contributed by atoms with Crippen molar-refractivity contribution in [2.75, 3.05) is 10.8 Å². The van der Waals surface area contributed by atoms with Crippen molar-refractivity contribution in [2.24, 2.45) is 0 Å². The zero-order valence-electron chi connectivity index (χ0n) is 22.4. The van der Waals surface area contributed by atoms with E-state index in [0.29, 0.717) is 6.42 Å². The number of benzene rings is 3. The van der Waals surface area contributed by atoms with Gasteiger partial charge in [0.15, 0.2) is 0 Å². The van der Waals surface area contributed by atoms with Crippen LogP contribution in [-0.2, 0) is 26.2 Å². The second-order valence-corrected chi connectivity index (χ2v) is 12.2. The van der Waals surface area contributed by atoms with Crippen LogP contribution in [0.4, 0.5) is 5.69 Å². The highest BCUT2D eigenvalue weighted by molar-refractivity contribution is 7.92. The number of aryl methyl sites for hydroxylation is 1. The molecule has 0 aliphatic rings. The van der Waals surface area contributed by atoms with Gasteiger partial charge >= 0.3 is 0 Å². The van der Waals surface area contributed by atoms with Crippen molar-refractivity contribution >= 4 is 50.7 Å². The van der Waals surface area contributed by atoms with Crippen LogP contribution >= 0.6 is 23.2 Å². The van der Waals surface area contributed by atoms with E-state index in [1.54, 1.807) is 12.1 Å². The summed E-state index contributed by atoms with van der Waals surface area (Å²) in [6.07, 6.45) is 0.333. The Bertz CT molecular complexity index is 1400. The number of carbonyl (C=O) groups excluding carboxylic acids is 2. The number of anilines is 1. The molecule has 10 heteroatoms. The van der Waals surface area contributed by atoms with Gasteiger partial charge in [0.05, 0.1) is 15.6 Å². The summed E-state index contributed by atoms with van der Waals surface area (Å²) in [6, 6.07) is 19.0. The molecule has 3 rings (SSSR count). The number of carbonyl (C=O) groups is 2. The number of rotatable bonds is 11. The minimum absolute atomic E-state index is 0.00357. The zero-order valence-corrected chi connectivity index (χ0v) is 24.7. The molecule has 0 aromatic heterocycles. The third-order valence-electron chi connectivity index (χ3n) is 6.08. The monoisotopic (exact) mass is 589 g/mol. The number of sulfonamides is 1. The van der Waals surface area contributed by atoms with E-state index in [-0.39, 0.29) is 39.1 Å². The van der Waals surface area contributed by atoms with Crippen LogP contribution in [0.1, 0.15) is 38.3 Å². The van der Waals surface area contributed by atoms with E-state index in [2.05, 4.69) is 5.32 Å². The predicted molar refractivity (Wildman–Crippen MR) is 157 cm³/mol. The molecule has 208 valence electrons. The molecule has 7 nitrogen and oxygen atoms in total. The summed E-state index contributed by atoms with van der Waals surface area (Å²) in [5, 5.41) is 3.25. The van der Waals surface area contributed by atoms with Crippen molar-refractivity contribution in [1.29, 1.82) is 0 Å². The molecular formula is C29H33Cl2N3O4S. The Labute approximate surface area is 240 Å². The van der Waals surface area contributed by atoms with E-state index < -0.39 is 28.5 Å². The first kappa shape index (κ1) is 30.5. The molecular weight excluding hydrogens is 557 g/mol. The number of amides is 2. The first-order valence-electron chi connectivity index (χ1n) is 12.6. The third kappa shape index (κ3) is 7.75. The van der Waals surface area contributed by atoms with Gasteiger partial charge in [0.1, 0.15) is 12.6 Å². The van der Waals surface area contributed by atoms with Crippen LogP contribution in [0.5, 0.6) is 0 Å². The van der Waals surface area contributed by atoms with Gasteiger partial charge in [-0.3, -0.25) is 13.9 Å². The second-order valence-electron chi connectivity index (χ2n) is 9.52. The molecule has 0 fully saturated rings. The average molecular weight is 591 g/mol. The fraction of sp³-hybridized carbons (Fsp3) is 0.310. The molecule has 0 saturated heterocycles. The highest BCUT2D eigenvalue weighted by Crippen LogP contribution is 2.33. The van der Waals surface area contributed by atoms with E-state index in [9.17, 15) is 18.0 Å².